The number of phosphoric acid groups is 1. The highest BCUT2D eigenvalue weighted by Crippen LogP contribution is 2.43. The smallest absolute Gasteiger partial charge is 0.456 e. The number of esters is 1. The van der Waals surface area contributed by atoms with E-state index in [2.05, 4.69) is 86.8 Å². The number of quaternary nitrogens is 1. The second-order valence-corrected chi connectivity index (χ2v) is 23.0. The third-order valence-electron chi connectivity index (χ3n) is 13.2. The fourth-order valence-electron chi connectivity index (χ4n) is 8.50. The van der Waals surface area contributed by atoms with Gasteiger partial charge in [-0.2, -0.15) is 0 Å². The molecule has 424 valence electrons. The average molecular weight is 1040 g/mol. The molecular weight excluding hydrogens is 928 g/mol. The first-order chi connectivity index (χ1) is 35.4. The minimum atomic E-state index is -4.45. The van der Waals surface area contributed by atoms with Gasteiger partial charge in [0.15, 0.2) is 0 Å². The number of carbonyl (C=O) groups is 2. The lowest BCUT2D eigenvalue weighted by molar-refractivity contribution is -0.870. The Labute approximate surface area is 451 Å². The number of phosphoric ester groups is 1. The first-order valence-electron chi connectivity index (χ1n) is 30.3. The van der Waals surface area contributed by atoms with Crippen LogP contribution in [0.4, 0.5) is 0 Å². The fourth-order valence-corrected chi connectivity index (χ4v) is 9.23. The number of unbranched alkanes of at least 4 members (excludes halogenated alkanes) is 28. The Morgan fingerprint density at radius 1 is 0.493 bits per heavy atom. The molecule has 3 unspecified atom stereocenters. The Morgan fingerprint density at radius 3 is 1.32 bits per heavy atom. The average Bonchev–Trinajstić information content (AvgIpc) is 3.35. The summed E-state index contributed by atoms with van der Waals surface area (Å²) in [6, 6.07) is -0.856. The number of nitrogens with one attached hydrogen (secondary N) is 1. The van der Waals surface area contributed by atoms with Gasteiger partial charge in [0.25, 0.3) is 0 Å². The van der Waals surface area contributed by atoms with E-state index in [1.165, 1.54) is 122 Å². The normalized spacial score (nSPS) is 14.2. The fraction of sp³-hybridized carbons (Fsp3) is 0.778. The maximum absolute atomic E-state index is 13.5. The van der Waals surface area contributed by atoms with Crippen LogP contribution in [0.1, 0.15) is 265 Å². The zero-order chi connectivity index (χ0) is 53.6. The predicted octanol–water partition coefficient (Wildman–Crippen LogP) is 18.4. The first-order valence-corrected chi connectivity index (χ1v) is 31.8. The highest BCUT2D eigenvalue weighted by Gasteiger charge is 2.30. The molecule has 0 aliphatic rings. The van der Waals surface area contributed by atoms with Crippen molar-refractivity contribution in [3.05, 3.63) is 72.9 Å². The summed E-state index contributed by atoms with van der Waals surface area (Å²) in [6.07, 6.45) is 67.5. The van der Waals surface area contributed by atoms with Crippen molar-refractivity contribution in [1.29, 1.82) is 0 Å². The molecule has 0 saturated heterocycles. The second kappa shape index (κ2) is 52.9. The third kappa shape index (κ3) is 54.1. The lowest BCUT2D eigenvalue weighted by atomic mass is 10.0. The van der Waals surface area contributed by atoms with Gasteiger partial charge in [-0.1, -0.05) is 248 Å². The van der Waals surface area contributed by atoms with Crippen molar-refractivity contribution < 1.29 is 37.3 Å². The highest BCUT2D eigenvalue weighted by molar-refractivity contribution is 7.47. The van der Waals surface area contributed by atoms with Gasteiger partial charge in [0.05, 0.1) is 33.8 Å². The summed E-state index contributed by atoms with van der Waals surface area (Å²) in [6.45, 7) is 6.89. The molecule has 0 fully saturated rings. The van der Waals surface area contributed by atoms with Crippen molar-refractivity contribution in [2.24, 2.45) is 0 Å². The van der Waals surface area contributed by atoms with E-state index in [9.17, 15) is 19.0 Å². The van der Waals surface area contributed by atoms with E-state index in [-0.39, 0.29) is 31.5 Å². The lowest BCUT2D eigenvalue weighted by Gasteiger charge is -2.27. The lowest BCUT2D eigenvalue weighted by Crippen LogP contribution is -2.47. The van der Waals surface area contributed by atoms with Crippen molar-refractivity contribution >= 4 is 19.7 Å². The number of ether oxygens (including phenoxy) is 1. The molecule has 0 aromatic heterocycles. The van der Waals surface area contributed by atoms with Crippen LogP contribution in [0.3, 0.4) is 0 Å². The van der Waals surface area contributed by atoms with Crippen molar-refractivity contribution in [2.45, 2.75) is 277 Å². The van der Waals surface area contributed by atoms with Gasteiger partial charge in [-0.25, -0.2) is 4.57 Å². The first kappa shape index (κ1) is 70.5. The molecule has 0 aliphatic heterocycles. The molecule has 0 spiro atoms. The van der Waals surface area contributed by atoms with Crippen LogP contribution in [0.25, 0.3) is 0 Å². The van der Waals surface area contributed by atoms with E-state index in [1.807, 2.05) is 33.3 Å². The summed E-state index contributed by atoms with van der Waals surface area (Å²) >= 11 is 0. The van der Waals surface area contributed by atoms with Crippen LogP contribution >= 0.6 is 7.82 Å². The zero-order valence-electron chi connectivity index (χ0n) is 48.4. The number of likely N-dealkylation sites (N-methyl/N-ethyl adjacent to an activating group) is 1. The van der Waals surface area contributed by atoms with E-state index in [1.54, 1.807) is 0 Å². The molecule has 10 heteroatoms. The van der Waals surface area contributed by atoms with Crippen LogP contribution < -0.4 is 5.32 Å². The number of hydrogen-bond acceptors (Lipinski definition) is 6. The molecular formula is C63H116N2O7P+. The molecule has 9 nitrogen and oxygen atoms in total. The molecule has 0 aliphatic carbocycles. The number of nitrogens with zero attached hydrogens (tertiary/aromatic N) is 1. The minimum absolute atomic E-state index is 0.0357. The van der Waals surface area contributed by atoms with E-state index in [0.29, 0.717) is 23.9 Å². The molecule has 73 heavy (non-hydrogen) atoms. The SMILES string of the molecule is CC/C=C\C/C=C\C/C=C\C/C=C\C/C=C\CCCCCCCC(=O)OC(/C=C/CCCCCCCCCCC)C(COP(=O)(O)OCC[N+](C)(C)C)NC(=O)CCCCCCCCCCCCCCCCC. The van der Waals surface area contributed by atoms with Gasteiger partial charge >= 0.3 is 13.8 Å². The van der Waals surface area contributed by atoms with Gasteiger partial charge in [-0.15, -0.1) is 0 Å². The Bertz CT molecular complexity index is 1480. The molecule has 0 aromatic carbocycles. The van der Waals surface area contributed by atoms with Crippen LogP contribution in [-0.2, 0) is 27.9 Å². The van der Waals surface area contributed by atoms with Gasteiger partial charge in [-0.05, 0) is 76.7 Å². The molecule has 3 atom stereocenters. The summed E-state index contributed by atoms with van der Waals surface area (Å²) in [5, 5.41) is 3.05. The Hall–Kier alpha value is -2.55. The summed E-state index contributed by atoms with van der Waals surface area (Å²) in [7, 11) is 1.48. The van der Waals surface area contributed by atoms with Crippen LogP contribution in [0.15, 0.2) is 72.9 Å². The van der Waals surface area contributed by atoms with Crippen LogP contribution in [0.2, 0.25) is 0 Å². The largest absolute Gasteiger partial charge is 0.472 e. The number of hydrogen-bond donors (Lipinski definition) is 2. The minimum Gasteiger partial charge on any atom is -0.456 e. The van der Waals surface area contributed by atoms with Crippen molar-refractivity contribution in [3.8, 4) is 0 Å². The van der Waals surface area contributed by atoms with Crippen LogP contribution in [0, 0.1) is 0 Å². The predicted molar refractivity (Wildman–Crippen MR) is 314 cm³/mol. The molecule has 0 rings (SSSR count). The molecule has 0 saturated carbocycles. The van der Waals surface area contributed by atoms with Gasteiger partial charge < -0.3 is 19.4 Å². The highest BCUT2D eigenvalue weighted by atomic mass is 31.2. The van der Waals surface area contributed by atoms with Gasteiger partial charge in [-0.3, -0.25) is 18.6 Å². The molecule has 0 bridgehead atoms. The third-order valence-corrected chi connectivity index (χ3v) is 14.1. The Balaban J connectivity index is 5.27. The Morgan fingerprint density at radius 2 is 0.877 bits per heavy atom. The molecule has 2 N–H and O–H groups in total. The monoisotopic (exact) mass is 1040 g/mol. The quantitative estimate of drug-likeness (QED) is 0.0205. The van der Waals surface area contributed by atoms with Crippen molar-refractivity contribution in [1.82, 2.24) is 5.32 Å². The van der Waals surface area contributed by atoms with Gasteiger partial charge in [0, 0.05) is 12.8 Å². The van der Waals surface area contributed by atoms with E-state index >= 15 is 0 Å². The molecule has 0 radical (unpaired) electrons. The Kier molecular flexibility index (Phi) is 51.0. The summed E-state index contributed by atoms with van der Waals surface area (Å²) in [5.74, 6) is -0.524. The van der Waals surface area contributed by atoms with Gasteiger partial charge in [0.1, 0.15) is 19.3 Å². The van der Waals surface area contributed by atoms with E-state index in [0.717, 1.165) is 103 Å². The van der Waals surface area contributed by atoms with Crippen molar-refractivity contribution in [2.75, 3.05) is 40.9 Å². The number of carbonyl (C=O) groups excluding carboxylic acids is 2. The number of rotatable bonds is 54. The molecule has 1 amide bonds. The number of amides is 1. The standard InChI is InChI=1S/C63H115N2O7P/c1-7-10-13-16-19-22-25-27-29-30-31-32-33-34-36-38-41-44-47-50-53-56-63(67)72-61(54-51-48-45-42-39-24-21-18-15-12-9-3)60(59-71-73(68,69)70-58-57-65(4,5)6)64-62(66)55-52-49-46-43-40-37-35-28-26-23-20-17-14-11-8-2/h10,13,19,22,27,29,31-32,34,36,51,54,60-61H,7-9,11-12,14-18,20-21,23-26,28,30,33,35,37-50,52-53,55-59H2,1-6H3,(H-,64,66,68,69)/p+1/b13-10-,22-19-,29-27-,32-31-,36-34-,54-51+. The summed E-state index contributed by atoms with van der Waals surface area (Å²) in [4.78, 5) is 37.6. The maximum atomic E-state index is 13.5. The topological polar surface area (TPSA) is 111 Å². The van der Waals surface area contributed by atoms with Crippen molar-refractivity contribution in [3.63, 3.8) is 0 Å². The van der Waals surface area contributed by atoms with E-state index in [4.69, 9.17) is 13.8 Å². The molecule has 0 aromatic rings. The van der Waals surface area contributed by atoms with Gasteiger partial charge in [0.2, 0.25) is 5.91 Å². The summed E-state index contributed by atoms with van der Waals surface area (Å²) < 4.78 is 30.6. The summed E-state index contributed by atoms with van der Waals surface area (Å²) in [5.41, 5.74) is 0. The number of allylic oxidation sites excluding steroid dienone is 11. The maximum Gasteiger partial charge on any atom is 0.472 e. The van der Waals surface area contributed by atoms with E-state index < -0.39 is 20.0 Å². The zero-order valence-corrected chi connectivity index (χ0v) is 49.3. The van der Waals surface area contributed by atoms with Crippen LogP contribution in [-0.4, -0.2) is 74.3 Å². The second-order valence-electron chi connectivity index (χ2n) is 21.5. The van der Waals surface area contributed by atoms with Crippen LogP contribution in [0.5, 0.6) is 0 Å². The molecule has 0 heterocycles.